The molecule has 0 saturated heterocycles. The van der Waals surface area contributed by atoms with Crippen LogP contribution in [0.5, 0.6) is 0 Å². The smallest absolute Gasteiger partial charge is 0.133 e. The molecule has 1 N–H and O–H groups in total. The third-order valence-electron chi connectivity index (χ3n) is 3.66. The quantitative estimate of drug-likeness (QED) is 0.857. The van der Waals surface area contributed by atoms with E-state index in [0.29, 0.717) is 0 Å². The van der Waals surface area contributed by atoms with Crippen LogP contribution in [-0.4, -0.2) is 7.05 Å². The Hall–Kier alpha value is -1.03. The molecule has 1 aliphatic carbocycles. The number of rotatable bonds is 3. The number of halogens is 3. The van der Waals surface area contributed by atoms with Gasteiger partial charge in [-0.1, -0.05) is 13.8 Å². The largest absolute Gasteiger partial charge is 0.313 e. The highest BCUT2D eigenvalue weighted by molar-refractivity contribution is 5.27. The molecule has 0 radical (unpaired) electrons. The molecular formula is C13H16F3N. The molecule has 94 valence electrons. The SMILES string of the molecule is CNC(c1c(F)cc(F)cc1F)C1CC1(C)C. The first-order chi connectivity index (χ1) is 7.86. The highest BCUT2D eigenvalue weighted by Crippen LogP contribution is 2.58. The van der Waals surface area contributed by atoms with Gasteiger partial charge in [0.15, 0.2) is 0 Å². The van der Waals surface area contributed by atoms with Gasteiger partial charge in [0.25, 0.3) is 0 Å². The van der Waals surface area contributed by atoms with Gasteiger partial charge in [0, 0.05) is 23.7 Å². The Balaban J connectivity index is 2.38. The summed E-state index contributed by atoms with van der Waals surface area (Å²) in [6, 6.07) is 1.07. The van der Waals surface area contributed by atoms with Crippen LogP contribution in [-0.2, 0) is 0 Å². The molecule has 17 heavy (non-hydrogen) atoms. The molecule has 0 heterocycles. The van der Waals surface area contributed by atoms with Crippen molar-refractivity contribution in [3.63, 3.8) is 0 Å². The van der Waals surface area contributed by atoms with Crippen LogP contribution in [0, 0.1) is 28.8 Å². The van der Waals surface area contributed by atoms with Gasteiger partial charge < -0.3 is 5.32 Å². The van der Waals surface area contributed by atoms with Crippen molar-refractivity contribution in [3.8, 4) is 0 Å². The summed E-state index contributed by atoms with van der Waals surface area (Å²) in [5, 5.41) is 2.93. The molecule has 0 bridgehead atoms. The molecule has 0 aliphatic heterocycles. The molecule has 1 aliphatic rings. The van der Waals surface area contributed by atoms with Crippen LogP contribution in [0.25, 0.3) is 0 Å². The maximum atomic E-state index is 13.7. The standard InChI is InChI=1S/C13H16F3N/c1-13(2)6-8(13)12(17-3)11-9(15)4-7(14)5-10(11)16/h4-5,8,12,17H,6H2,1-3H3. The molecule has 4 heteroatoms. The first kappa shape index (κ1) is 12.4. The van der Waals surface area contributed by atoms with E-state index >= 15 is 0 Å². The lowest BCUT2D eigenvalue weighted by Crippen LogP contribution is -2.23. The molecule has 0 amide bonds. The zero-order valence-corrected chi connectivity index (χ0v) is 10.2. The fourth-order valence-corrected chi connectivity index (χ4v) is 2.47. The predicted molar refractivity (Wildman–Crippen MR) is 60.0 cm³/mol. The third-order valence-corrected chi connectivity index (χ3v) is 3.66. The Labute approximate surface area is 99.0 Å². The number of benzene rings is 1. The van der Waals surface area contributed by atoms with E-state index in [1.54, 1.807) is 7.05 Å². The molecule has 0 aromatic heterocycles. The highest BCUT2D eigenvalue weighted by Gasteiger charge is 2.51. The van der Waals surface area contributed by atoms with Gasteiger partial charge in [0.2, 0.25) is 0 Å². The molecule has 1 saturated carbocycles. The normalized spacial score (nSPS) is 23.5. The van der Waals surface area contributed by atoms with Gasteiger partial charge in [-0.05, 0) is 24.8 Å². The Morgan fingerprint density at radius 2 is 1.71 bits per heavy atom. The van der Waals surface area contributed by atoms with Crippen molar-refractivity contribution >= 4 is 0 Å². The van der Waals surface area contributed by atoms with Crippen molar-refractivity contribution in [3.05, 3.63) is 35.1 Å². The Morgan fingerprint density at radius 3 is 2.06 bits per heavy atom. The fourth-order valence-electron chi connectivity index (χ4n) is 2.47. The summed E-state index contributed by atoms with van der Waals surface area (Å²) in [5.41, 5.74) is 0.0329. The van der Waals surface area contributed by atoms with Crippen molar-refractivity contribution in [1.82, 2.24) is 5.32 Å². The van der Waals surface area contributed by atoms with Crippen LogP contribution in [0.4, 0.5) is 13.2 Å². The summed E-state index contributed by atoms with van der Waals surface area (Å²) < 4.78 is 40.2. The lowest BCUT2D eigenvalue weighted by Gasteiger charge is -2.19. The molecule has 2 unspecified atom stereocenters. The molecular weight excluding hydrogens is 227 g/mol. The van der Waals surface area contributed by atoms with Crippen LogP contribution in [0.3, 0.4) is 0 Å². The molecule has 1 fully saturated rings. The Bertz CT molecular complexity index is 419. The van der Waals surface area contributed by atoms with Crippen LogP contribution < -0.4 is 5.32 Å². The molecule has 2 atom stereocenters. The van der Waals surface area contributed by atoms with Crippen LogP contribution in [0.2, 0.25) is 0 Å². The highest BCUT2D eigenvalue weighted by atomic mass is 19.1. The second kappa shape index (κ2) is 4.02. The molecule has 0 spiro atoms. The van der Waals surface area contributed by atoms with Crippen molar-refractivity contribution < 1.29 is 13.2 Å². The van der Waals surface area contributed by atoms with Gasteiger partial charge >= 0.3 is 0 Å². The zero-order chi connectivity index (χ0) is 12.8. The fraction of sp³-hybridized carbons (Fsp3) is 0.538. The first-order valence-corrected chi connectivity index (χ1v) is 5.68. The summed E-state index contributed by atoms with van der Waals surface area (Å²) in [5.74, 6) is -2.33. The average Bonchev–Trinajstić information content (AvgIpc) is 2.80. The molecule has 1 nitrogen and oxygen atoms in total. The summed E-state index contributed by atoms with van der Waals surface area (Å²) in [7, 11) is 1.67. The van der Waals surface area contributed by atoms with E-state index in [1.165, 1.54) is 0 Å². The van der Waals surface area contributed by atoms with Gasteiger partial charge in [-0.2, -0.15) is 0 Å². The number of hydrogen-bond acceptors (Lipinski definition) is 1. The monoisotopic (exact) mass is 243 g/mol. The van der Waals surface area contributed by atoms with E-state index in [-0.39, 0.29) is 16.9 Å². The first-order valence-electron chi connectivity index (χ1n) is 5.68. The second-order valence-corrected chi connectivity index (χ2v) is 5.35. The predicted octanol–water partition coefficient (Wildman–Crippen LogP) is 3.41. The minimum Gasteiger partial charge on any atom is -0.313 e. The maximum Gasteiger partial charge on any atom is 0.133 e. The van der Waals surface area contributed by atoms with Gasteiger partial charge in [0.1, 0.15) is 17.5 Å². The summed E-state index contributed by atoms with van der Waals surface area (Å²) in [6.07, 6.45) is 0.911. The molecule has 2 rings (SSSR count). The van der Waals surface area contributed by atoms with Gasteiger partial charge in [-0.15, -0.1) is 0 Å². The van der Waals surface area contributed by atoms with E-state index in [0.717, 1.165) is 18.6 Å². The number of nitrogens with one attached hydrogen (secondary N) is 1. The van der Waals surface area contributed by atoms with E-state index in [4.69, 9.17) is 0 Å². The van der Waals surface area contributed by atoms with E-state index in [9.17, 15) is 13.2 Å². The van der Waals surface area contributed by atoms with Gasteiger partial charge in [-0.25, -0.2) is 13.2 Å². The van der Waals surface area contributed by atoms with Crippen LogP contribution in [0.1, 0.15) is 31.9 Å². The molecule has 1 aromatic rings. The van der Waals surface area contributed by atoms with E-state index in [1.807, 2.05) is 0 Å². The Kier molecular flexibility index (Phi) is 2.94. The number of hydrogen-bond donors (Lipinski definition) is 1. The maximum absolute atomic E-state index is 13.7. The van der Waals surface area contributed by atoms with Gasteiger partial charge in [-0.3, -0.25) is 0 Å². The lowest BCUT2D eigenvalue weighted by molar-refractivity contribution is 0.404. The topological polar surface area (TPSA) is 12.0 Å². The summed E-state index contributed by atoms with van der Waals surface area (Å²) in [6.45, 7) is 4.11. The van der Waals surface area contributed by atoms with Crippen LogP contribution in [0.15, 0.2) is 12.1 Å². The van der Waals surface area contributed by atoms with E-state index < -0.39 is 23.5 Å². The van der Waals surface area contributed by atoms with Crippen molar-refractivity contribution in [2.45, 2.75) is 26.3 Å². The van der Waals surface area contributed by atoms with Crippen LogP contribution >= 0.6 is 0 Å². The summed E-state index contributed by atoms with van der Waals surface area (Å²) >= 11 is 0. The minimum atomic E-state index is -0.881. The van der Waals surface area contributed by atoms with Crippen molar-refractivity contribution in [2.24, 2.45) is 11.3 Å². The molecule has 1 aromatic carbocycles. The third kappa shape index (κ3) is 2.18. The Morgan fingerprint density at radius 1 is 1.24 bits per heavy atom. The second-order valence-electron chi connectivity index (χ2n) is 5.35. The van der Waals surface area contributed by atoms with Crippen molar-refractivity contribution in [2.75, 3.05) is 7.05 Å². The minimum absolute atomic E-state index is 0.0514. The van der Waals surface area contributed by atoms with Crippen molar-refractivity contribution in [1.29, 1.82) is 0 Å². The van der Waals surface area contributed by atoms with E-state index in [2.05, 4.69) is 19.2 Å². The lowest BCUT2D eigenvalue weighted by atomic mass is 9.96. The zero-order valence-electron chi connectivity index (χ0n) is 10.2. The summed E-state index contributed by atoms with van der Waals surface area (Å²) in [4.78, 5) is 0. The van der Waals surface area contributed by atoms with Gasteiger partial charge in [0.05, 0.1) is 0 Å². The average molecular weight is 243 g/mol.